The Hall–Kier alpha value is -4.04. The van der Waals surface area contributed by atoms with Crippen molar-refractivity contribution in [2.24, 2.45) is 5.73 Å². The van der Waals surface area contributed by atoms with E-state index >= 15 is 0 Å². The Labute approximate surface area is 190 Å². The second kappa shape index (κ2) is 8.48. The van der Waals surface area contributed by atoms with Crippen LogP contribution in [0.1, 0.15) is 0 Å². The normalized spacial score (nSPS) is 11.3. The van der Waals surface area contributed by atoms with Crippen molar-refractivity contribution in [2.45, 2.75) is 6.54 Å². The smallest absolute Gasteiger partial charge is 0.203 e. The highest BCUT2D eigenvalue weighted by molar-refractivity contribution is 5.94. The van der Waals surface area contributed by atoms with Gasteiger partial charge in [-0.3, -0.25) is 4.98 Å². The monoisotopic (exact) mass is 444 g/mol. The summed E-state index contributed by atoms with van der Waals surface area (Å²) in [4.78, 5) is 8.98. The van der Waals surface area contributed by atoms with Crippen LogP contribution in [0.3, 0.4) is 0 Å². The molecule has 5 rings (SSSR count). The van der Waals surface area contributed by atoms with Crippen LogP contribution >= 0.6 is 0 Å². The highest BCUT2D eigenvalue weighted by atomic mass is 16.5. The van der Waals surface area contributed by atoms with Crippen LogP contribution < -0.4 is 19.9 Å². The Balaban J connectivity index is 1.64. The van der Waals surface area contributed by atoms with Gasteiger partial charge in [0.2, 0.25) is 5.75 Å². The molecule has 8 heteroatoms. The van der Waals surface area contributed by atoms with E-state index in [0.29, 0.717) is 41.7 Å². The summed E-state index contributed by atoms with van der Waals surface area (Å²) in [6.45, 7) is 1.25. The van der Waals surface area contributed by atoms with Crippen LogP contribution in [-0.2, 0) is 6.54 Å². The summed E-state index contributed by atoms with van der Waals surface area (Å²) in [6.07, 6.45) is 3.60. The van der Waals surface area contributed by atoms with Crippen LogP contribution in [-0.4, -0.2) is 42.4 Å². The van der Waals surface area contributed by atoms with Crippen molar-refractivity contribution in [3.05, 3.63) is 55.0 Å². The molecule has 3 aromatic heterocycles. The fourth-order valence-corrected chi connectivity index (χ4v) is 4.07. The summed E-state index contributed by atoms with van der Waals surface area (Å²) < 4.78 is 24.8. The van der Waals surface area contributed by atoms with E-state index in [2.05, 4.69) is 20.6 Å². The van der Waals surface area contributed by atoms with Crippen LogP contribution in [0.5, 0.6) is 17.2 Å². The first kappa shape index (κ1) is 20.8. The average molecular weight is 444 g/mol. The quantitative estimate of drug-likeness (QED) is 0.395. The minimum Gasteiger partial charge on any atom is -0.493 e. The third kappa shape index (κ3) is 3.54. The summed E-state index contributed by atoms with van der Waals surface area (Å²) in [7, 11) is 4.75. The van der Waals surface area contributed by atoms with Gasteiger partial charge in [-0.25, -0.2) is 4.98 Å². The Morgan fingerprint density at radius 3 is 2.36 bits per heavy atom. The summed E-state index contributed by atoms with van der Waals surface area (Å²) in [5, 5.41) is 0. The fraction of sp³-hybridized carbons (Fsp3) is 0.200. The second-order valence-electron chi connectivity index (χ2n) is 7.53. The molecule has 0 spiro atoms. The topological polar surface area (TPSA) is 97.6 Å². The van der Waals surface area contributed by atoms with Gasteiger partial charge in [-0.05, 0) is 35.9 Å². The second-order valence-corrected chi connectivity index (χ2v) is 7.53. The molecule has 0 amide bonds. The van der Waals surface area contributed by atoms with Crippen molar-refractivity contribution in [3.8, 4) is 39.7 Å². The number of fused-ring (bicyclic) bond motifs is 2. The Morgan fingerprint density at radius 1 is 0.879 bits per heavy atom. The number of pyridine rings is 1. The maximum absolute atomic E-state index is 6.33. The van der Waals surface area contributed by atoms with Gasteiger partial charge in [-0.1, -0.05) is 6.07 Å². The van der Waals surface area contributed by atoms with E-state index in [1.54, 1.807) is 27.5 Å². The number of imidazole rings is 1. The maximum Gasteiger partial charge on any atom is 0.203 e. The molecule has 2 N–H and O–H groups in total. The van der Waals surface area contributed by atoms with Crippen molar-refractivity contribution in [1.82, 2.24) is 14.5 Å². The van der Waals surface area contributed by atoms with Gasteiger partial charge in [0.05, 0.1) is 38.7 Å². The molecule has 0 aliphatic carbocycles. The Morgan fingerprint density at radius 2 is 1.67 bits per heavy atom. The van der Waals surface area contributed by atoms with Gasteiger partial charge < -0.3 is 28.9 Å². The molecule has 0 unspecified atom stereocenters. The molecule has 2 aromatic carbocycles. The number of rotatable bonds is 7. The van der Waals surface area contributed by atoms with E-state index in [0.717, 1.165) is 33.2 Å². The van der Waals surface area contributed by atoms with Crippen molar-refractivity contribution in [3.63, 3.8) is 0 Å². The molecule has 0 aliphatic rings. The van der Waals surface area contributed by atoms with Gasteiger partial charge in [0.1, 0.15) is 11.3 Å². The molecular formula is C25H24N4O4. The number of furan rings is 1. The highest BCUT2D eigenvalue weighted by Gasteiger charge is 2.18. The zero-order valence-electron chi connectivity index (χ0n) is 18.7. The van der Waals surface area contributed by atoms with Crippen LogP contribution in [0.15, 0.2) is 59.4 Å². The van der Waals surface area contributed by atoms with E-state index in [9.17, 15) is 0 Å². The molecule has 33 heavy (non-hydrogen) atoms. The van der Waals surface area contributed by atoms with Gasteiger partial charge in [-0.2, -0.15) is 0 Å². The zero-order valence-corrected chi connectivity index (χ0v) is 18.7. The minimum atomic E-state index is 0.529. The molecule has 0 radical (unpaired) electrons. The number of hydrogen-bond donors (Lipinski definition) is 1. The van der Waals surface area contributed by atoms with E-state index in [-0.39, 0.29) is 0 Å². The lowest BCUT2D eigenvalue weighted by molar-refractivity contribution is 0.324. The Kier molecular flexibility index (Phi) is 5.35. The van der Waals surface area contributed by atoms with Gasteiger partial charge >= 0.3 is 0 Å². The molecule has 0 aliphatic heterocycles. The standard InChI is InChI=1S/C25H24N4O4/c1-30-22-11-16(12-23(31-2)25(22)32-3)21-13-19-24(33-21)17(6-8-27-19)15-4-5-18-20(10-15)29(9-7-26)14-28-18/h4-6,8,10-14H,7,9,26H2,1-3H3. The summed E-state index contributed by atoms with van der Waals surface area (Å²) in [5.41, 5.74) is 11.9. The number of nitrogens with zero attached hydrogens (tertiary/aromatic N) is 3. The van der Waals surface area contributed by atoms with E-state index in [4.69, 9.17) is 24.4 Å². The van der Waals surface area contributed by atoms with Crippen LogP contribution in [0.2, 0.25) is 0 Å². The molecule has 0 bridgehead atoms. The molecule has 0 atom stereocenters. The third-order valence-electron chi connectivity index (χ3n) is 5.66. The predicted octanol–water partition coefficient (Wildman–Crippen LogP) is 4.50. The lowest BCUT2D eigenvalue weighted by Gasteiger charge is -2.13. The first-order valence-corrected chi connectivity index (χ1v) is 10.5. The SMILES string of the molecule is COc1cc(-c2cc3nccc(-c4ccc5ncn(CCN)c5c4)c3o2)cc(OC)c1OC. The van der Waals surface area contributed by atoms with Crippen molar-refractivity contribution >= 4 is 22.1 Å². The summed E-state index contributed by atoms with van der Waals surface area (Å²) >= 11 is 0. The first-order valence-electron chi connectivity index (χ1n) is 10.5. The molecular weight excluding hydrogens is 420 g/mol. The number of nitrogens with two attached hydrogens (primary N) is 1. The molecule has 0 saturated heterocycles. The number of benzene rings is 2. The van der Waals surface area contributed by atoms with Gasteiger partial charge in [-0.15, -0.1) is 0 Å². The van der Waals surface area contributed by atoms with E-state index < -0.39 is 0 Å². The fourth-order valence-electron chi connectivity index (χ4n) is 4.07. The van der Waals surface area contributed by atoms with Gasteiger partial charge in [0.25, 0.3) is 0 Å². The van der Waals surface area contributed by atoms with Crippen molar-refractivity contribution in [2.75, 3.05) is 27.9 Å². The largest absolute Gasteiger partial charge is 0.493 e. The van der Waals surface area contributed by atoms with E-state index in [1.165, 1.54) is 0 Å². The molecule has 5 aromatic rings. The van der Waals surface area contributed by atoms with Crippen LogP contribution in [0.4, 0.5) is 0 Å². The van der Waals surface area contributed by atoms with Gasteiger partial charge in [0, 0.05) is 36.5 Å². The number of aromatic nitrogens is 3. The third-order valence-corrected chi connectivity index (χ3v) is 5.66. The predicted molar refractivity (Wildman–Crippen MR) is 127 cm³/mol. The molecule has 168 valence electrons. The van der Waals surface area contributed by atoms with E-state index in [1.807, 2.05) is 42.7 Å². The molecule has 0 fully saturated rings. The molecule has 8 nitrogen and oxygen atoms in total. The molecule has 3 heterocycles. The lowest BCUT2D eigenvalue weighted by Crippen LogP contribution is -2.08. The first-order chi connectivity index (χ1) is 16.2. The zero-order chi connectivity index (χ0) is 22.9. The lowest BCUT2D eigenvalue weighted by atomic mass is 10.1. The summed E-state index contributed by atoms with van der Waals surface area (Å²) in [6, 6.07) is 13.7. The maximum atomic E-state index is 6.33. The average Bonchev–Trinajstić information content (AvgIpc) is 3.47. The highest BCUT2D eigenvalue weighted by Crippen LogP contribution is 2.43. The number of hydrogen-bond acceptors (Lipinski definition) is 7. The number of ether oxygens (including phenoxy) is 3. The van der Waals surface area contributed by atoms with Crippen LogP contribution in [0.25, 0.3) is 44.6 Å². The van der Waals surface area contributed by atoms with Crippen LogP contribution in [0, 0.1) is 0 Å². The molecule has 0 saturated carbocycles. The number of methoxy groups -OCH3 is 3. The summed E-state index contributed by atoms with van der Waals surface area (Å²) in [5.74, 6) is 2.29. The van der Waals surface area contributed by atoms with Crippen molar-refractivity contribution < 1.29 is 18.6 Å². The van der Waals surface area contributed by atoms with Crippen molar-refractivity contribution in [1.29, 1.82) is 0 Å². The van der Waals surface area contributed by atoms with Gasteiger partial charge in [0.15, 0.2) is 17.1 Å². The Bertz CT molecular complexity index is 1430. The minimum absolute atomic E-state index is 0.529.